The molecule has 1 saturated heterocycles. The summed E-state index contributed by atoms with van der Waals surface area (Å²) in [5, 5.41) is 13.3. The number of carbonyl (C=O) groups excluding carboxylic acids is 1. The number of fused-ring (bicyclic) bond motifs is 1. The van der Waals surface area contributed by atoms with Gasteiger partial charge in [0.1, 0.15) is 5.69 Å². The van der Waals surface area contributed by atoms with Crippen LogP contribution in [0.1, 0.15) is 29.0 Å². The maximum Gasteiger partial charge on any atom is 0.272 e. The largest absolute Gasteiger partial charge is 0.396 e. The van der Waals surface area contributed by atoms with Gasteiger partial charge in [-0.15, -0.1) is 0 Å². The van der Waals surface area contributed by atoms with Crippen molar-refractivity contribution in [2.45, 2.75) is 19.8 Å². The van der Waals surface area contributed by atoms with Crippen molar-refractivity contribution in [3.63, 3.8) is 0 Å². The minimum atomic E-state index is -0.0133. The highest BCUT2D eigenvalue weighted by Crippen LogP contribution is 2.19. The number of hydrogen-bond donors (Lipinski definition) is 1. The fourth-order valence-electron chi connectivity index (χ4n) is 2.67. The molecule has 2 aromatic rings. The van der Waals surface area contributed by atoms with Gasteiger partial charge in [-0.1, -0.05) is 0 Å². The summed E-state index contributed by atoms with van der Waals surface area (Å²) >= 11 is 0. The van der Waals surface area contributed by atoms with Crippen molar-refractivity contribution in [1.29, 1.82) is 0 Å². The highest BCUT2D eigenvalue weighted by atomic mass is 16.3. The first-order valence-electron chi connectivity index (χ1n) is 6.90. The molecule has 0 atom stereocenters. The molecule has 0 aliphatic carbocycles. The molecule has 1 aliphatic rings. The minimum absolute atomic E-state index is 0.0133. The molecule has 2 aromatic heterocycles. The van der Waals surface area contributed by atoms with E-state index in [1.165, 1.54) is 0 Å². The zero-order valence-corrected chi connectivity index (χ0v) is 11.5. The van der Waals surface area contributed by atoms with E-state index in [0.717, 1.165) is 18.5 Å². The van der Waals surface area contributed by atoms with Gasteiger partial charge >= 0.3 is 0 Å². The summed E-state index contributed by atoms with van der Waals surface area (Å²) in [6.07, 6.45) is 3.36. The average Bonchev–Trinajstić information content (AvgIpc) is 2.94. The topological polar surface area (TPSA) is 70.7 Å². The van der Waals surface area contributed by atoms with E-state index < -0.39 is 0 Å². The van der Waals surface area contributed by atoms with Gasteiger partial charge in [0.2, 0.25) is 0 Å². The summed E-state index contributed by atoms with van der Waals surface area (Å²) in [5.74, 6) is 0.309. The molecular formula is C14H18N4O2. The van der Waals surface area contributed by atoms with Gasteiger partial charge in [-0.25, -0.2) is 9.50 Å². The third-order valence-electron chi connectivity index (χ3n) is 3.87. The second kappa shape index (κ2) is 5.20. The third kappa shape index (κ3) is 2.27. The standard InChI is InChI=1S/C14H18N4O2/c1-10-8-12(18-13(16-10)2-5-15-18)14(20)17-6-3-11(9-19)4-7-17/h2,5,8,11,19H,3-4,6-7,9H2,1H3. The van der Waals surface area contributed by atoms with Crippen molar-refractivity contribution in [2.24, 2.45) is 5.92 Å². The Hall–Kier alpha value is -1.95. The van der Waals surface area contributed by atoms with Gasteiger partial charge in [-0.05, 0) is 31.7 Å². The molecule has 0 unspecified atom stereocenters. The second-order valence-corrected chi connectivity index (χ2v) is 5.30. The van der Waals surface area contributed by atoms with Crippen LogP contribution in [0.2, 0.25) is 0 Å². The molecule has 0 saturated carbocycles. The third-order valence-corrected chi connectivity index (χ3v) is 3.87. The SMILES string of the molecule is Cc1cc(C(=O)N2CCC(CO)CC2)n2nccc2n1. The molecule has 0 radical (unpaired) electrons. The summed E-state index contributed by atoms with van der Waals surface area (Å²) in [4.78, 5) is 18.8. The van der Waals surface area contributed by atoms with Crippen molar-refractivity contribution < 1.29 is 9.90 Å². The Morgan fingerprint density at radius 3 is 2.90 bits per heavy atom. The lowest BCUT2D eigenvalue weighted by Gasteiger charge is -2.31. The Bertz CT molecular complexity index is 629. The molecule has 20 heavy (non-hydrogen) atoms. The van der Waals surface area contributed by atoms with Gasteiger partial charge in [0.15, 0.2) is 5.65 Å². The molecule has 3 heterocycles. The number of carbonyl (C=O) groups is 1. The van der Waals surface area contributed by atoms with Gasteiger partial charge in [0.05, 0.1) is 6.20 Å². The van der Waals surface area contributed by atoms with Gasteiger partial charge < -0.3 is 10.0 Å². The average molecular weight is 274 g/mol. The van der Waals surface area contributed by atoms with Crippen molar-refractivity contribution in [1.82, 2.24) is 19.5 Å². The lowest BCUT2D eigenvalue weighted by Crippen LogP contribution is -2.40. The number of aliphatic hydroxyl groups is 1. The van der Waals surface area contributed by atoms with E-state index >= 15 is 0 Å². The van der Waals surface area contributed by atoms with Crippen LogP contribution in [0.15, 0.2) is 18.3 Å². The Labute approximate surface area is 117 Å². The summed E-state index contributed by atoms with van der Waals surface area (Å²) in [6, 6.07) is 3.57. The Morgan fingerprint density at radius 1 is 1.45 bits per heavy atom. The first-order valence-corrected chi connectivity index (χ1v) is 6.90. The highest BCUT2D eigenvalue weighted by Gasteiger charge is 2.25. The van der Waals surface area contributed by atoms with Crippen LogP contribution in [0.25, 0.3) is 5.65 Å². The number of likely N-dealkylation sites (tertiary alicyclic amines) is 1. The van der Waals surface area contributed by atoms with Gasteiger partial charge in [-0.3, -0.25) is 4.79 Å². The van der Waals surface area contributed by atoms with Crippen molar-refractivity contribution in [3.05, 3.63) is 29.7 Å². The van der Waals surface area contributed by atoms with Gasteiger partial charge in [-0.2, -0.15) is 5.10 Å². The predicted molar refractivity (Wildman–Crippen MR) is 73.4 cm³/mol. The first kappa shape index (κ1) is 13.1. The van der Waals surface area contributed by atoms with Crippen LogP contribution in [0.3, 0.4) is 0 Å². The fraction of sp³-hybridized carbons (Fsp3) is 0.500. The summed E-state index contributed by atoms with van der Waals surface area (Å²) < 4.78 is 1.59. The molecule has 0 spiro atoms. The molecule has 1 N–H and O–H groups in total. The molecule has 0 bridgehead atoms. The number of aliphatic hydroxyl groups excluding tert-OH is 1. The van der Waals surface area contributed by atoms with E-state index in [1.54, 1.807) is 22.8 Å². The zero-order chi connectivity index (χ0) is 14.1. The lowest BCUT2D eigenvalue weighted by molar-refractivity contribution is 0.0642. The maximum atomic E-state index is 12.6. The molecule has 6 heteroatoms. The van der Waals surface area contributed by atoms with E-state index in [9.17, 15) is 4.79 Å². The minimum Gasteiger partial charge on any atom is -0.396 e. The lowest BCUT2D eigenvalue weighted by atomic mass is 9.98. The number of rotatable bonds is 2. The monoisotopic (exact) mass is 274 g/mol. The van der Waals surface area contributed by atoms with Crippen LogP contribution in [-0.4, -0.2) is 50.2 Å². The van der Waals surface area contributed by atoms with Crippen LogP contribution >= 0.6 is 0 Å². The molecule has 1 amide bonds. The molecule has 3 rings (SSSR count). The quantitative estimate of drug-likeness (QED) is 0.882. The number of aromatic nitrogens is 3. The van der Waals surface area contributed by atoms with Gasteiger partial charge in [0.25, 0.3) is 5.91 Å². The van der Waals surface area contributed by atoms with E-state index in [0.29, 0.717) is 30.3 Å². The molecule has 1 aliphatic heterocycles. The van der Waals surface area contributed by atoms with E-state index in [-0.39, 0.29) is 12.5 Å². The summed E-state index contributed by atoms with van der Waals surface area (Å²) in [5.41, 5.74) is 2.06. The second-order valence-electron chi connectivity index (χ2n) is 5.30. The summed E-state index contributed by atoms with van der Waals surface area (Å²) in [7, 11) is 0. The number of amides is 1. The van der Waals surface area contributed by atoms with Crippen LogP contribution in [-0.2, 0) is 0 Å². The van der Waals surface area contributed by atoms with E-state index in [2.05, 4.69) is 10.1 Å². The van der Waals surface area contributed by atoms with Crippen molar-refractivity contribution in [3.8, 4) is 0 Å². The number of piperidine rings is 1. The van der Waals surface area contributed by atoms with Crippen molar-refractivity contribution in [2.75, 3.05) is 19.7 Å². The zero-order valence-electron chi connectivity index (χ0n) is 11.5. The number of hydrogen-bond acceptors (Lipinski definition) is 4. The van der Waals surface area contributed by atoms with Crippen LogP contribution in [0, 0.1) is 12.8 Å². The Balaban J connectivity index is 1.87. The predicted octanol–water partition coefficient (Wildman–Crippen LogP) is 0.882. The molecule has 1 fully saturated rings. The smallest absolute Gasteiger partial charge is 0.272 e. The Kier molecular flexibility index (Phi) is 3.40. The Morgan fingerprint density at radius 2 is 2.20 bits per heavy atom. The van der Waals surface area contributed by atoms with Crippen LogP contribution in [0.4, 0.5) is 0 Å². The summed E-state index contributed by atoms with van der Waals surface area (Å²) in [6.45, 7) is 3.46. The first-order chi connectivity index (χ1) is 9.69. The van der Waals surface area contributed by atoms with Gasteiger partial charge in [0, 0.05) is 31.5 Å². The molecular weight excluding hydrogens is 256 g/mol. The van der Waals surface area contributed by atoms with Crippen LogP contribution in [0.5, 0.6) is 0 Å². The maximum absolute atomic E-state index is 12.6. The number of aryl methyl sites for hydroxylation is 1. The number of nitrogens with zero attached hydrogens (tertiary/aromatic N) is 4. The van der Waals surface area contributed by atoms with E-state index in [1.807, 2.05) is 11.8 Å². The van der Waals surface area contributed by atoms with Crippen LogP contribution < -0.4 is 0 Å². The molecule has 6 nitrogen and oxygen atoms in total. The highest BCUT2D eigenvalue weighted by molar-refractivity contribution is 5.93. The van der Waals surface area contributed by atoms with E-state index in [4.69, 9.17) is 5.11 Å². The molecule has 0 aromatic carbocycles. The fourth-order valence-corrected chi connectivity index (χ4v) is 2.67. The molecule has 106 valence electrons. The van der Waals surface area contributed by atoms with Crippen molar-refractivity contribution >= 4 is 11.6 Å². The normalized spacial score (nSPS) is 16.8.